The third-order valence-electron chi connectivity index (χ3n) is 3.51. The van der Waals surface area contributed by atoms with Crippen molar-refractivity contribution in [2.24, 2.45) is 5.92 Å². The average Bonchev–Trinajstić information content (AvgIpc) is 3.31. The largest absolute Gasteiger partial charge is 0.497 e. The van der Waals surface area contributed by atoms with Crippen LogP contribution in [0.25, 0.3) is 10.6 Å². The highest BCUT2D eigenvalue weighted by atomic mass is 32.1. The molecule has 130 valence electrons. The van der Waals surface area contributed by atoms with E-state index in [9.17, 15) is 4.79 Å². The molecule has 6 nitrogen and oxygen atoms in total. The van der Waals surface area contributed by atoms with Gasteiger partial charge < -0.3 is 9.15 Å². The summed E-state index contributed by atoms with van der Waals surface area (Å²) >= 11 is 1.38. The summed E-state index contributed by atoms with van der Waals surface area (Å²) in [5.41, 5.74) is 0.930. The van der Waals surface area contributed by atoms with Crippen LogP contribution >= 0.6 is 11.3 Å². The van der Waals surface area contributed by atoms with Crippen LogP contribution in [0.3, 0.4) is 0 Å². The third-order valence-corrected chi connectivity index (χ3v) is 4.50. The molecule has 1 aromatic carbocycles. The predicted octanol–water partition coefficient (Wildman–Crippen LogP) is 4.11. The number of benzene rings is 1. The summed E-state index contributed by atoms with van der Waals surface area (Å²) in [4.78, 5) is 14.3. The number of ether oxygens (including phenoxy) is 1. The van der Waals surface area contributed by atoms with Gasteiger partial charge >= 0.3 is 0 Å². The third kappa shape index (κ3) is 3.88. The lowest BCUT2D eigenvalue weighted by molar-refractivity contribution is 0.0957. The van der Waals surface area contributed by atoms with Crippen LogP contribution in [-0.4, -0.2) is 29.8 Å². The van der Waals surface area contributed by atoms with Crippen molar-refractivity contribution in [1.82, 2.24) is 10.2 Å². The first-order valence-electron chi connectivity index (χ1n) is 7.91. The molecule has 0 aliphatic carbocycles. The van der Waals surface area contributed by atoms with Crippen LogP contribution in [0, 0.1) is 5.92 Å². The maximum absolute atomic E-state index is 12.7. The number of hydrogen-bond donors (Lipinski definition) is 0. The van der Waals surface area contributed by atoms with E-state index in [-0.39, 0.29) is 11.8 Å². The van der Waals surface area contributed by atoms with Gasteiger partial charge in [0.1, 0.15) is 10.8 Å². The summed E-state index contributed by atoms with van der Waals surface area (Å²) in [6.07, 6.45) is 1.49. The van der Waals surface area contributed by atoms with E-state index < -0.39 is 0 Å². The lowest BCUT2D eigenvalue weighted by Gasteiger charge is -2.20. The standard InChI is InChI=1S/C18H19N3O3S/c1-12(2)11-21(17(22)15-5-4-10-24-15)18-20-19-16(25-18)13-6-8-14(23-3)9-7-13/h4-10,12H,11H2,1-3H3. The van der Waals surface area contributed by atoms with Gasteiger partial charge in [-0.1, -0.05) is 25.2 Å². The zero-order valence-electron chi connectivity index (χ0n) is 14.3. The predicted molar refractivity (Wildman–Crippen MR) is 97.1 cm³/mol. The van der Waals surface area contributed by atoms with Gasteiger partial charge in [0.15, 0.2) is 5.76 Å². The number of aromatic nitrogens is 2. The number of amides is 1. The van der Waals surface area contributed by atoms with Gasteiger partial charge in [-0.3, -0.25) is 9.69 Å². The zero-order valence-corrected chi connectivity index (χ0v) is 15.1. The normalized spacial score (nSPS) is 10.9. The van der Waals surface area contributed by atoms with E-state index in [1.165, 1.54) is 17.6 Å². The van der Waals surface area contributed by atoms with Crippen molar-refractivity contribution in [3.63, 3.8) is 0 Å². The minimum Gasteiger partial charge on any atom is -0.497 e. The molecule has 3 rings (SSSR count). The van der Waals surface area contributed by atoms with Crippen LogP contribution in [0.15, 0.2) is 47.1 Å². The Morgan fingerprint density at radius 1 is 1.24 bits per heavy atom. The van der Waals surface area contributed by atoms with E-state index in [0.717, 1.165) is 16.3 Å². The van der Waals surface area contributed by atoms with Crippen LogP contribution in [0.5, 0.6) is 5.75 Å². The molecular weight excluding hydrogens is 338 g/mol. The second kappa shape index (κ2) is 7.48. The quantitative estimate of drug-likeness (QED) is 0.664. The van der Waals surface area contributed by atoms with Gasteiger partial charge in [0, 0.05) is 12.1 Å². The first-order chi connectivity index (χ1) is 12.1. The lowest BCUT2D eigenvalue weighted by Crippen LogP contribution is -2.34. The van der Waals surface area contributed by atoms with Gasteiger partial charge in [-0.2, -0.15) is 0 Å². The van der Waals surface area contributed by atoms with Crippen molar-refractivity contribution in [1.29, 1.82) is 0 Å². The van der Waals surface area contributed by atoms with Crippen molar-refractivity contribution >= 4 is 22.4 Å². The van der Waals surface area contributed by atoms with Crippen LogP contribution in [0.2, 0.25) is 0 Å². The SMILES string of the molecule is COc1ccc(-c2nnc(N(CC(C)C)C(=O)c3ccco3)s2)cc1. The molecule has 0 aliphatic heterocycles. The highest BCUT2D eigenvalue weighted by Crippen LogP contribution is 2.31. The second-order valence-electron chi connectivity index (χ2n) is 5.91. The molecule has 2 heterocycles. The number of nitrogens with zero attached hydrogens (tertiary/aromatic N) is 3. The molecule has 0 fully saturated rings. The van der Waals surface area contributed by atoms with Gasteiger partial charge in [-0.15, -0.1) is 10.2 Å². The van der Waals surface area contributed by atoms with Crippen molar-refractivity contribution in [3.05, 3.63) is 48.4 Å². The fourth-order valence-corrected chi connectivity index (χ4v) is 3.18. The fourth-order valence-electron chi connectivity index (χ4n) is 2.32. The minimum atomic E-state index is -0.212. The molecule has 0 radical (unpaired) electrons. The first kappa shape index (κ1) is 17.2. The maximum atomic E-state index is 12.7. The molecule has 1 amide bonds. The van der Waals surface area contributed by atoms with Gasteiger partial charge in [-0.25, -0.2) is 0 Å². The van der Waals surface area contributed by atoms with Crippen molar-refractivity contribution in [2.75, 3.05) is 18.6 Å². The van der Waals surface area contributed by atoms with E-state index >= 15 is 0 Å². The average molecular weight is 357 g/mol. The van der Waals surface area contributed by atoms with Gasteiger partial charge in [0.25, 0.3) is 5.91 Å². The Morgan fingerprint density at radius 2 is 2.00 bits per heavy atom. The Hall–Kier alpha value is -2.67. The van der Waals surface area contributed by atoms with Crippen molar-refractivity contribution in [3.8, 4) is 16.3 Å². The number of furan rings is 1. The number of anilines is 1. The molecule has 25 heavy (non-hydrogen) atoms. The number of rotatable bonds is 6. The Morgan fingerprint density at radius 3 is 2.60 bits per heavy atom. The first-order valence-corrected chi connectivity index (χ1v) is 8.73. The van der Waals surface area contributed by atoms with E-state index in [4.69, 9.17) is 9.15 Å². The molecule has 0 atom stereocenters. The maximum Gasteiger partial charge on any atom is 0.295 e. The summed E-state index contributed by atoms with van der Waals surface area (Å²) in [5, 5.41) is 9.76. The molecule has 0 saturated carbocycles. The van der Waals surface area contributed by atoms with Gasteiger partial charge in [0.05, 0.1) is 13.4 Å². The molecule has 7 heteroatoms. The van der Waals surface area contributed by atoms with Gasteiger partial charge in [0.2, 0.25) is 5.13 Å². The highest BCUT2D eigenvalue weighted by molar-refractivity contribution is 7.18. The van der Waals surface area contributed by atoms with E-state index in [1.54, 1.807) is 24.1 Å². The molecule has 0 unspecified atom stereocenters. The lowest BCUT2D eigenvalue weighted by atomic mass is 10.2. The highest BCUT2D eigenvalue weighted by Gasteiger charge is 2.24. The van der Waals surface area contributed by atoms with Crippen molar-refractivity contribution in [2.45, 2.75) is 13.8 Å². The molecule has 0 N–H and O–H groups in total. The number of carbonyl (C=O) groups is 1. The number of methoxy groups -OCH3 is 1. The van der Waals surface area contributed by atoms with Crippen LogP contribution < -0.4 is 9.64 Å². The molecule has 0 spiro atoms. The summed E-state index contributed by atoms with van der Waals surface area (Å²) in [6.45, 7) is 4.64. The van der Waals surface area contributed by atoms with E-state index in [2.05, 4.69) is 10.2 Å². The molecule has 2 aromatic heterocycles. The number of carbonyl (C=O) groups excluding carboxylic acids is 1. The Bertz CT molecular complexity index is 826. The molecule has 0 bridgehead atoms. The summed E-state index contributed by atoms with van der Waals surface area (Å²) < 4.78 is 10.4. The summed E-state index contributed by atoms with van der Waals surface area (Å²) in [5.74, 6) is 1.15. The smallest absolute Gasteiger partial charge is 0.295 e. The van der Waals surface area contributed by atoms with Crippen LogP contribution in [0.4, 0.5) is 5.13 Å². The van der Waals surface area contributed by atoms with E-state index in [1.807, 2.05) is 38.1 Å². The van der Waals surface area contributed by atoms with Crippen molar-refractivity contribution < 1.29 is 13.9 Å². The molecular formula is C18H19N3O3S. The van der Waals surface area contributed by atoms with E-state index in [0.29, 0.717) is 17.4 Å². The van der Waals surface area contributed by atoms with Gasteiger partial charge in [-0.05, 0) is 42.3 Å². The Labute approximate surface area is 150 Å². The molecule has 0 aliphatic rings. The molecule has 3 aromatic rings. The fraction of sp³-hybridized carbons (Fsp3) is 0.278. The Balaban J connectivity index is 1.89. The topological polar surface area (TPSA) is 68.5 Å². The minimum absolute atomic E-state index is 0.212. The van der Waals surface area contributed by atoms with Crippen LogP contribution in [-0.2, 0) is 0 Å². The molecule has 0 saturated heterocycles. The number of hydrogen-bond acceptors (Lipinski definition) is 6. The zero-order chi connectivity index (χ0) is 17.8. The second-order valence-corrected chi connectivity index (χ2v) is 6.86. The summed E-state index contributed by atoms with van der Waals surface area (Å²) in [7, 11) is 1.63. The monoisotopic (exact) mass is 357 g/mol. The van der Waals surface area contributed by atoms with Crippen LogP contribution in [0.1, 0.15) is 24.4 Å². The summed E-state index contributed by atoms with van der Waals surface area (Å²) in [6, 6.07) is 10.9. The Kier molecular flexibility index (Phi) is 5.14.